The summed E-state index contributed by atoms with van der Waals surface area (Å²) in [7, 11) is 0. The number of alkyl halides is 3. The molecule has 0 saturated heterocycles. The lowest BCUT2D eigenvalue weighted by atomic mass is 10.1. The van der Waals surface area contributed by atoms with Crippen LogP contribution >= 0.6 is 0 Å². The van der Waals surface area contributed by atoms with Crippen molar-refractivity contribution in [2.45, 2.75) is 19.5 Å². The van der Waals surface area contributed by atoms with Crippen molar-refractivity contribution in [3.63, 3.8) is 0 Å². The predicted octanol–water partition coefficient (Wildman–Crippen LogP) is 1.95. The van der Waals surface area contributed by atoms with E-state index in [0.717, 1.165) is 6.07 Å². The van der Waals surface area contributed by atoms with Crippen LogP contribution < -0.4 is 10.6 Å². The van der Waals surface area contributed by atoms with Gasteiger partial charge >= 0.3 is 6.18 Å². The minimum absolute atomic E-state index is 0.0954. The molecule has 5 nitrogen and oxygen atoms in total. The van der Waals surface area contributed by atoms with Gasteiger partial charge in [-0.2, -0.15) is 13.2 Å². The second-order valence-corrected chi connectivity index (χ2v) is 4.99. The van der Waals surface area contributed by atoms with E-state index in [2.05, 4.69) is 15.4 Å². The Balaban J connectivity index is 2.17. The van der Waals surface area contributed by atoms with Crippen LogP contribution in [-0.4, -0.2) is 44.3 Å². The molecule has 0 aliphatic carbocycles. The van der Waals surface area contributed by atoms with E-state index in [1.807, 2.05) is 0 Å². The molecule has 0 bridgehead atoms. The number of ether oxygens (including phenoxy) is 1. The third-order valence-electron chi connectivity index (χ3n) is 2.91. The van der Waals surface area contributed by atoms with E-state index in [-0.39, 0.29) is 31.7 Å². The van der Waals surface area contributed by atoms with Gasteiger partial charge in [-0.05, 0) is 24.6 Å². The van der Waals surface area contributed by atoms with Crippen molar-refractivity contribution < 1.29 is 31.9 Å². The average molecular weight is 350 g/mol. The van der Waals surface area contributed by atoms with Gasteiger partial charge in [0.05, 0.1) is 6.61 Å². The zero-order chi connectivity index (χ0) is 18.2. The Labute approximate surface area is 136 Å². The van der Waals surface area contributed by atoms with Crippen molar-refractivity contribution >= 4 is 11.8 Å². The van der Waals surface area contributed by atoms with Crippen LogP contribution in [0.3, 0.4) is 0 Å². The van der Waals surface area contributed by atoms with Gasteiger partial charge in [0.25, 0.3) is 5.91 Å². The number of aryl methyl sites for hydroxylation is 1. The zero-order valence-corrected chi connectivity index (χ0v) is 13.0. The molecule has 134 valence electrons. The first-order chi connectivity index (χ1) is 11.2. The van der Waals surface area contributed by atoms with Gasteiger partial charge in [0.1, 0.15) is 12.4 Å². The molecule has 0 spiro atoms. The summed E-state index contributed by atoms with van der Waals surface area (Å²) in [5.74, 6) is -1.47. The number of rotatable bonds is 8. The van der Waals surface area contributed by atoms with Crippen LogP contribution in [0, 0.1) is 12.7 Å². The maximum Gasteiger partial charge on any atom is 0.411 e. The molecular weight excluding hydrogens is 332 g/mol. The van der Waals surface area contributed by atoms with Crippen molar-refractivity contribution in [3.8, 4) is 0 Å². The number of hydrogen-bond donors (Lipinski definition) is 2. The summed E-state index contributed by atoms with van der Waals surface area (Å²) in [4.78, 5) is 23.1. The molecule has 1 aromatic rings. The molecule has 0 heterocycles. The summed E-state index contributed by atoms with van der Waals surface area (Å²) in [6.07, 6.45) is -4.64. The minimum Gasteiger partial charge on any atom is -0.372 e. The number of benzene rings is 1. The fourth-order valence-electron chi connectivity index (χ4n) is 1.66. The van der Waals surface area contributed by atoms with E-state index in [0.29, 0.717) is 5.56 Å². The Morgan fingerprint density at radius 1 is 1.17 bits per heavy atom. The third kappa shape index (κ3) is 7.91. The Kier molecular flexibility index (Phi) is 7.63. The van der Waals surface area contributed by atoms with Crippen molar-refractivity contribution in [1.29, 1.82) is 0 Å². The SMILES string of the molecule is Cc1ccc(C(=O)NCCNC(=O)CCOCC(F)(F)F)cc1F. The summed E-state index contributed by atoms with van der Waals surface area (Å²) in [5.41, 5.74) is 0.580. The zero-order valence-electron chi connectivity index (χ0n) is 13.0. The summed E-state index contributed by atoms with van der Waals surface area (Å²) in [6.45, 7) is 0.0242. The summed E-state index contributed by atoms with van der Waals surface area (Å²) < 4.78 is 53.0. The standard InChI is InChI=1S/C15H18F4N2O3/c1-10-2-3-11(8-12(10)16)14(23)21-6-5-20-13(22)4-7-24-9-15(17,18)19/h2-3,8H,4-7,9H2,1H3,(H,20,22)(H,21,23). The van der Waals surface area contributed by atoms with Gasteiger partial charge in [-0.15, -0.1) is 0 Å². The number of hydrogen-bond acceptors (Lipinski definition) is 3. The first-order valence-electron chi connectivity index (χ1n) is 7.14. The molecule has 0 saturated carbocycles. The molecule has 0 fully saturated rings. The molecule has 2 N–H and O–H groups in total. The van der Waals surface area contributed by atoms with Gasteiger partial charge in [-0.25, -0.2) is 4.39 Å². The molecular formula is C15H18F4N2O3. The lowest BCUT2D eigenvalue weighted by molar-refractivity contribution is -0.174. The molecule has 0 unspecified atom stereocenters. The molecule has 0 atom stereocenters. The second kappa shape index (κ2) is 9.21. The molecule has 0 aromatic heterocycles. The van der Waals surface area contributed by atoms with E-state index in [1.54, 1.807) is 6.92 Å². The first-order valence-corrected chi connectivity index (χ1v) is 7.14. The quantitative estimate of drug-likeness (QED) is 0.556. The molecule has 24 heavy (non-hydrogen) atoms. The van der Waals surface area contributed by atoms with Gasteiger partial charge in [0.2, 0.25) is 5.91 Å². The van der Waals surface area contributed by atoms with E-state index in [1.165, 1.54) is 12.1 Å². The Morgan fingerprint density at radius 2 is 1.83 bits per heavy atom. The van der Waals surface area contributed by atoms with Crippen LogP contribution in [0.1, 0.15) is 22.3 Å². The minimum atomic E-state index is -4.42. The normalized spacial score (nSPS) is 11.2. The molecule has 0 aliphatic heterocycles. The highest BCUT2D eigenvalue weighted by molar-refractivity contribution is 5.94. The monoisotopic (exact) mass is 350 g/mol. The van der Waals surface area contributed by atoms with Crippen LogP contribution in [0.2, 0.25) is 0 Å². The fraction of sp³-hybridized carbons (Fsp3) is 0.467. The summed E-state index contributed by atoms with van der Waals surface area (Å²) >= 11 is 0. The van der Waals surface area contributed by atoms with E-state index < -0.39 is 30.4 Å². The number of carbonyl (C=O) groups is 2. The van der Waals surface area contributed by atoms with Crippen molar-refractivity contribution in [2.24, 2.45) is 0 Å². The maximum atomic E-state index is 13.3. The average Bonchev–Trinajstić information content (AvgIpc) is 2.49. The summed E-state index contributed by atoms with van der Waals surface area (Å²) in [6, 6.07) is 4.07. The lowest BCUT2D eigenvalue weighted by Crippen LogP contribution is -2.35. The van der Waals surface area contributed by atoms with Crippen molar-refractivity contribution in [3.05, 3.63) is 35.1 Å². The molecule has 1 rings (SSSR count). The Bertz CT molecular complexity index is 576. The predicted molar refractivity (Wildman–Crippen MR) is 78.0 cm³/mol. The molecule has 0 aliphatic rings. The maximum absolute atomic E-state index is 13.3. The molecule has 2 amide bonds. The van der Waals surface area contributed by atoms with Crippen molar-refractivity contribution in [2.75, 3.05) is 26.3 Å². The number of amides is 2. The number of carbonyl (C=O) groups excluding carboxylic acids is 2. The first kappa shape index (κ1) is 19.9. The van der Waals surface area contributed by atoms with Crippen LogP contribution in [0.25, 0.3) is 0 Å². The Morgan fingerprint density at radius 3 is 2.46 bits per heavy atom. The van der Waals surface area contributed by atoms with E-state index >= 15 is 0 Å². The van der Waals surface area contributed by atoms with Crippen LogP contribution in [0.4, 0.5) is 17.6 Å². The van der Waals surface area contributed by atoms with E-state index in [4.69, 9.17) is 0 Å². The third-order valence-corrected chi connectivity index (χ3v) is 2.91. The number of nitrogens with one attached hydrogen (secondary N) is 2. The van der Waals surface area contributed by atoms with Gasteiger partial charge in [-0.3, -0.25) is 9.59 Å². The largest absolute Gasteiger partial charge is 0.411 e. The molecule has 0 radical (unpaired) electrons. The molecule has 1 aromatic carbocycles. The van der Waals surface area contributed by atoms with Gasteiger partial charge < -0.3 is 15.4 Å². The topological polar surface area (TPSA) is 67.4 Å². The lowest BCUT2D eigenvalue weighted by Gasteiger charge is -2.09. The van der Waals surface area contributed by atoms with Crippen LogP contribution in [0.5, 0.6) is 0 Å². The Hall–Kier alpha value is -2.16. The fourth-order valence-corrected chi connectivity index (χ4v) is 1.66. The van der Waals surface area contributed by atoms with Crippen LogP contribution in [0.15, 0.2) is 18.2 Å². The van der Waals surface area contributed by atoms with E-state index in [9.17, 15) is 27.2 Å². The second-order valence-electron chi connectivity index (χ2n) is 4.99. The highest BCUT2D eigenvalue weighted by Gasteiger charge is 2.27. The van der Waals surface area contributed by atoms with Gasteiger partial charge in [0.15, 0.2) is 0 Å². The highest BCUT2D eigenvalue weighted by atomic mass is 19.4. The number of halogens is 4. The smallest absolute Gasteiger partial charge is 0.372 e. The van der Waals surface area contributed by atoms with Gasteiger partial charge in [-0.1, -0.05) is 6.07 Å². The van der Waals surface area contributed by atoms with Gasteiger partial charge in [0, 0.05) is 25.1 Å². The summed E-state index contributed by atoms with van der Waals surface area (Å²) in [5, 5.41) is 4.91. The van der Waals surface area contributed by atoms with Crippen molar-refractivity contribution in [1.82, 2.24) is 10.6 Å². The van der Waals surface area contributed by atoms with Crippen LogP contribution in [-0.2, 0) is 9.53 Å². The molecule has 9 heteroatoms. The highest BCUT2D eigenvalue weighted by Crippen LogP contribution is 2.14.